The van der Waals surface area contributed by atoms with Crippen molar-refractivity contribution < 1.29 is 4.42 Å². The molecule has 0 amide bonds. The average molecular weight is 771 g/mol. The van der Waals surface area contributed by atoms with Crippen LogP contribution in [0.1, 0.15) is 11.1 Å². The molecule has 2 N–H and O–H groups in total. The van der Waals surface area contributed by atoms with Crippen LogP contribution in [0.2, 0.25) is 0 Å². The van der Waals surface area contributed by atoms with E-state index in [9.17, 15) is 5.41 Å². The van der Waals surface area contributed by atoms with Gasteiger partial charge in [0.05, 0.1) is 11.4 Å². The van der Waals surface area contributed by atoms with Gasteiger partial charge in [-0.1, -0.05) is 127 Å². The van der Waals surface area contributed by atoms with Gasteiger partial charge in [0.15, 0.2) is 17.5 Å². The van der Waals surface area contributed by atoms with Crippen LogP contribution in [0, 0.1) is 5.41 Å². The summed E-state index contributed by atoms with van der Waals surface area (Å²) in [5, 5.41) is 17.8. The molecule has 1 aliphatic carbocycles. The number of furan rings is 1. The molecule has 7 heteroatoms. The van der Waals surface area contributed by atoms with Crippen molar-refractivity contribution >= 4 is 55.9 Å². The largest absolute Gasteiger partial charge is 0.456 e. The van der Waals surface area contributed by atoms with Crippen LogP contribution in [-0.2, 0) is 0 Å². The predicted octanol–water partition coefficient (Wildman–Crippen LogP) is 13.1. The van der Waals surface area contributed by atoms with Gasteiger partial charge < -0.3 is 4.42 Å². The lowest BCUT2D eigenvalue weighted by molar-refractivity contribution is 0.669. The lowest BCUT2D eigenvalue weighted by Crippen LogP contribution is -2.18. The van der Waals surface area contributed by atoms with E-state index in [2.05, 4.69) is 114 Å². The summed E-state index contributed by atoms with van der Waals surface area (Å²) in [6, 6.07) is 61.7. The van der Waals surface area contributed by atoms with Gasteiger partial charge >= 0.3 is 0 Å². The molecule has 11 rings (SSSR count). The monoisotopic (exact) mass is 770 g/mol. The maximum atomic E-state index is 9.23. The van der Waals surface area contributed by atoms with Gasteiger partial charge in [0.1, 0.15) is 16.9 Å². The van der Waals surface area contributed by atoms with Crippen LogP contribution in [0.25, 0.3) is 95.2 Å². The number of anilines is 1. The number of benzene rings is 8. The first-order chi connectivity index (χ1) is 29.6. The molecule has 0 bridgehead atoms. The molecule has 0 saturated heterocycles. The first kappa shape index (κ1) is 34.9. The molecule has 0 unspecified atom stereocenters. The number of aromatic nitrogens is 3. The summed E-state index contributed by atoms with van der Waals surface area (Å²) in [6.45, 7) is 0. The fourth-order valence-corrected chi connectivity index (χ4v) is 7.99. The number of fused-ring (bicyclic) bond motifs is 6. The molecule has 60 heavy (non-hydrogen) atoms. The SMILES string of the molecule is N=C1/C(=N\Nc2ccccc2)C=Cc2ccc3cc(-c4nc(-c5cc(-c6ccccc6)cc(-c6ccccc6)c5)nc(-c5ccc6oc7ccccc7c6c5)n4)ccc3c21. The third kappa shape index (κ3) is 6.40. The van der Waals surface area contributed by atoms with Crippen LogP contribution >= 0.6 is 0 Å². The Morgan fingerprint density at radius 1 is 0.433 bits per heavy atom. The van der Waals surface area contributed by atoms with Crippen LogP contribution in [0.5, 0.6) is 0 Å². The maximum absolute atomic E-state index is 9.23. The first-order valence-electron chi connectivity index (χ1n) is 19.8. The Balaban J connectivity index is 1.07. The summed E-state index contributed by atoms with van der Waals surface area (Å²) in [4.78, 5) is 15.6. The van der Waals surface area contributed by atoms with E-state index >= 15 is 0 Å². The molecule has 0 spiro atoms. The van der Waals surface area contributed by atoms with Crippen molar-refractivity contribution in [3.8, 4) is 56.4 Å². The predicted molar refractivity (Wildman–Crippen MR) is 245 cm³/mol. The van der Waals surface area contributed by atoms with Crippen LogP contribution in [-0.4, -0.2) is 26.4 Å². The van der Waals surface area contributed by atoms with Gasteiger partial charge in [-0.2, -0.15) is 5.10 Å². The highest BCUT2D eigenvalue weighted by Gasteiger charge is 2.21. The first-order valence-corrected chi connectivity index (χ1v) is 19.8. The van der Waals surface area contributed by atoms with Crippen molar-refractivity contribution in [3.05, 3.63) is 199 Å². The Labute approximate surface area is 345 Å². The normalized spacial score (nSPS) is 13.0. The van der Waals surface area contributed by atoms with Gasteiger partial charge in [0, 0.05) is 33.0 Å². The third-order valence-corrected chi connectivity index (χ3v) is 11.0. The lowest BCUT2D eigenvalue weighted by Gasteiger charge is -2.17. The van der Waals surface area contributed by atoms with Crippen LogP contribution in [0.4, 0.5) is 5.69 Å². The maximum Gasteiger partial charge on any atom is 0.164 e. The summed E-state index contributed by atoms with van der Waals surface area (Å²) in [7, 11) is 0. The highest BCUT2D eigenvalue weighted by Crippen LogP contribution is 2.36. The third-order valence-electron chi connectivity index (χ3n) is 11.0. The Morgan fingerprint density at radius 3 is 1.73 bits per heavy atom. The zero-order chi connectivity index (χ0) is 40.0. The van der Waals surface area contributed by atoms with E-state index in [0.717, 1.165) is 88.5 Å². The number of rotatable bonds is 7. The molecule has 0 saturated carbocycles. The summed E-state index contributed by atoms with van der Waals surface area (Å²) in [5.41, 5.74) is 15.2. The number of hydrogen-bond donors (Lipinski definition) is 2. The number of allylic oxidation sites excluding steroid dienone is 1. The number of nitrogens with zero attached hydrogens (tertiary/aromatic N) is 4. The van der Waals surface area contributed by atoms with Crippen LogP contribution < -0.4 is 5.43 Å². The average Bonchev–Trinajstić information content (AvgIpc) is 3.70. The standard InChI is InChI=1S/C53H34N6O/c54-50-46(59-58-42-16-8-3-9-17-42)26-23-35-20-21-36-28-37(22-25-43(36)49(35)50)51-55-52(38-24-27-48-45(32-38)44-18-10-11-19-47(44)60-48)57-53(56-51)41-30-39(33-12-4-1-5-13-33)29-40(31-41)34-14-6-2-7-15-34/h1-32,54,58H/b54-50?,59-46-. The number of hydrogen-bond acceptors (Lipinski definition) is 7. The van der Waals surface area contributed by atoms with Crippen molar-refractivity contribution in [2.24, 2.45) is 5.10 Å². The van der Waals surface area contributed by atoms with Crippen molar-refractivity contribution in [2.45, 2.75) is 0 Å². The van der Waals surface area contributed by atoms with Gasteiger partial charge in [0.2, 0.25) is 0 Å². The van der Waals surface area contributed by atoms with E-state index in [-0.39, 0.29) is 0 Å². The van der Waals surface area contributed by atoms with E-state index in [1.54, 1.807) is 0 Å². The smallest absolute Gasteiger partial charge is 0.164 e. The van der Waals surface area contributed by atoms with E-state index in [1.807, 2.05) is 91.0 Å². The molecule has 0 aliphatic heterocycles. The van der Waals surface area contributed by atoms with Crippen molar-refractivity contribution in [3.63, 3.8) is 0 Å². The number of nitrogens with one attached hydrogen (secondary N) is 2. The zero-order valence-electron chi connectivity index (χ0n) is 32.2. The van der Waals surface area contributed by atoms with Gasteiger partial charge in [0.25, 0.3) is 0 Å². The number of hydrazone groups is 1. The van der Waals surface area contributed by atoms with Gasteiger partial charge in [-0.3, -0.25) is 10.8 Å². The van der Waals surface area contributed by atoms with Crippen LogP contribution in [0.3, 0.4) is 0 Å². The molecule has 0 radical (unpaired) electrons. The molecule has 282 valence electrons. The van der Waals surface area contributed by atoms with Crippen molar-refractivity contribution in [1.29, 1.82) is 5.41 Å². The van der Waals surface area contributed by atoms with Crippen molar-refractivity contribution in [2.75, 3.05) is 5.43 Å². The van der Waals surface area contributed by atoms with E-state index in [1.165, 1.54) is 0 Å². The topological polar surface area (TPSA) is 100 Å². The lowest BCUT2D eigenvalue weighted by atomic mass is 9.89. The molecule has 8 aromatic carbocycles. The van der Waals surface area contributed by atoms with Crippen LogP contribution in [0.15, 0.2) is 198 Å². The van der Waals surface area contributed by atoms with Gasteiger partial charge in [-0.15, -0.1) is 0 Å². The second-order valence-electron chi connectivity index (χ2n) is 14.8. The minimum absolute atomic E-state index is 0.355. The Morgan fingerprint density at radius 2 is 1.02 bits per heavy atom. The molecular formula is C53H34N6O. The Hall–Kier alpha value is -8.29. The molecule has 7 nitrogen and oxygen atoms in total. The summed E-state index contributed by atoms with van der Waals surface area (Å²) in [5.74, 6) is 1.66. The molecule has 1 aliphatic rings. The Kier molecular flexibility index (Phi) is 8.48. The minimum atomic E-state index is 0.355. The fourth-order valence-electron chi connectivity index (χ4n) is 7.99. The quantitative estimate of drug-likeness (QED) is 0.157. The Bertz CT molecular complexity index is 3300. The fraction of sp³-hybridized carbons (Fsp3) is 0. The molecule has 0 fully saturated rings. The number of para-hydroxylation sites is 2. The van der Waals surface area contributed by atoms with E-state index in [0.29, 0.717) is 28.9 Å². The highest BCUT2D eigenvalue weighted by molar-refractivity contribution is 6.55. The zero-order valence-corrected chi connectivity index (χ0v) is 32.2. The second-order valence-corrected chi connectivity index (χ2v) is 14.8. The van der Waals surface area contributed by atoms with E-state index in [4.69, 9.17) is 19.4 Å². The molecule has 0 atom stereocenters. The molecule has 10 aromatic rings. The minimum Gasteiger partial charge on any atom is -0.456 e. The van der Waals surface area contributed by atoms with E-state index < -0.39 is 0 Å². The highest BCUT2D eigenvalue weighted by atomic mass is 16.3. The van der Waals surface area contributed by atoms with Gasteiger partial charge in [-0.25, -0.2) is 15.0 Å². The summed E-state index contributed by atoms with van der Waals surface area (Å²) < 4.78 is 6.18. The van der Waals surface area contributed by atoms with Gasteiger partial charge in [-0.05, 0) is 105 Å². The molecular weight excluding hydrogens is 737 g/mol. The second kappa shape index (κ2) is 14.6. The van der Waals surface area contributed by atoms with Crippen molar-refractivity contribution in [1.82, 2.24) is 15.0 Å². The molecule has 2 heterocycles. The molecule has 2 aromatic heterocycles. The summed E-state index contributed by atoms with van der Waals surface area (Å²) >= 11 is 0. The summed E-state index contributed by atoms with van der Waals surface area (Å²) in [6.07, 6.45) is 3.90.